The summed E-state index contributed by atoms with van der Waals surface area (Å²) in [6.07, 6.45) is 2.14. The number of nitro groups is 1. The molecule has 0 saturated carbocycles. The molecule has 1 N–H and O–H groups in total. The van der Waals surface area contributed by atoms with Crippen molar-refractivity contribution >= 4 is 23.3 Å². The molecule has 0 aliphatic carbocycles. The van der Waals surface area contributed by atoms with Crippen LogP contribution in [0.5, 0.6) is 0 Å². The molecule has 0 aliphatic heterocycles. The number of nitro benzene ring substituents is 1. The average Bonchev–Trinajstić information content (AvgIpc) is 2.61. The van der Waals surface area contributed by atoms with Crippen LogP contribution in [0.3, 0.4) is 0 Å². The number of nitrogens with zero attached hydrogens (tertiary/aromatic N) is 2. The molecule has 1 heterocycles. The smallest absolute Gasteiger partial charge is 0.339 e. The van der Waals surface area contributed by atoms with Gasteiger partial charge in [-0.3, -0.25) is 19.9 Å². The van der Waals surface area contributed by atoms with Crippen molar-refractivity contribution in [3.05, 3.63) is 64.0 Å². The topological polar surface area (TPSA) is 111 Å². The fourth-order valence-corrected chi connectivity index (χ4v) is 2.08. The number of aromatic nitrogens is 1. The molecule has 8 heteroatoms. The number of nitrogens with one attached hydrogen (secondary N) is 1. The van der Waals surface area contributed by atoms with Crippen LogP contribution < -0.4 is 5.32 Å². The summed E-state index contributed by atoms with van der Waals surface area (Å²) in [7, 11) is 0. The number of anilines is 1. The van der Waals surface area contributed by atoms with Crippen molar-refractivity contribution in [2.24, 2.45) is 0 Å². The number of hydrogen-bond acceptors (Lipinski definition) is 6. The SMILES string of the molecule is CCC(OC(=O)c1ccncc1)C(=O)Nc1cc([N+](=O)[O-])ccc1C. The predicted octanol–water partition coefficient (Wildman–Crippen LogP) is 2.87. The minimum Gasteiger partial charge on any atom is -0.449 e. The van der Waals surface area contributed by atoms with Crippen LogP contribution in [-0.2, 0) is 9.53 Å². The highest BCUT2D eigenvalue weighted by molar-refractivity contribution is 5.98. The summed E-state index contributed by atoms with van der Waals surface area (Å²) in [6.45, 7) is 3.41. The van der Waals surface area contributed by atoms with E-state index in [0.29, 0.717) is 11.3 Å². The zero-order valence-corrected chi connectivity index (χ0v) is 13.8. The third kappa shape index (κ3) is 4.60. The Kier molecular flexibility index (Phi) is 5.78. The van der Waals surface area contributed by atoms with Gasteiger partial charge in [-0.2, -0.15) is 0 Å². The maximum atomic E-state index is 12.4. The number of benzene rings is 1. The third-order valence-electron chi connectivity index (χ3n) is 3.52. The lowest BCUT2D eigenvalue weighted by Crippen LogP contribution is -2.32. The second-order valence-electron chi connectivity index (χ2n) is 5.28. The summed E-state index contributed by atoms with van der Waals surface area (Å²) in [5, 5.41) is 13.4. The molecule has 25 heavy (non-hydrogen) atoms. The highest BCUT2D eigenvalue weighted by Crippen LogP contribution is 2.22. The Hall–Kier alpha value is -3.29. The summed E-state index contributed by atoms with van der Waals surface area (Å²) < 4.78 is 5.22. The van der Waals surface area contributed by atoms with Gasteiger partial charge in [0.15, 0.2) is 6.10 Å². The van der Waals surface area contributed by atoms with E-state index in [1.165, 1.54) is 42.7 Å². The van der Waals surface area contributed by atoms with Crippen molar-refractivity contribution in [3.63, 3.8) is 0 Å². The van der Waals surface area contributed by atoms with Gasteiger partial charge in [-0.1, -0.05) is 13.0 Å². The van der Waals surface area contributed by atoms with Crippen LogP contribution in [0.4, 0.5) is 11.4 Å². The van der Waals surface area contributed by atoms with E-state index < -0.39 is 22.9 Å². The molecule has 1 amide bonds. The standard InChI is InChI=1S/C17H17N3O5/c1-3-15(25-17(22)12-6-8-18-9-7-12)16(21)19-14-10-13(20(23)24)5-4-11(14)2/h4-10,15H,3H2,1-2H3,(H,19,21). The van der Waals surface area contributed by atoms with E-state index in [-0.39, 0.29) is 17.7 Å². The number of non-ortho nitro benzene ring substituents is 1. The molecule has 130 valence electrons. The van der Waals surface area contributed by atoms with E-state index in [1.54, 1.807) is 13.8 Å². The summed E-state index contributed by atoms with van der Waals surface area (Å²) in [6, 6.07) is 7.13. The molecule has 1 unspecified atom stereocenters. The van der Waals surface area contributed by atoms with Gasteiger partial charge in [-0.15, -0.1) is 0 Å². The Morgan fingerprint density at radius 1 is 1.28 bits per heavy atom. The van der Waals surface area contributed by atoms with Crippen molar-refractivity contribution in [1.29, 1.82) is 0 Å². The Balaban J connectivity index is 2.11. The first-order valence-electron chi connectivity index (χ1n) is 7.59. The summed E-state index contributed by atoms with van der Waals surface area (Å²) in [5.74, 6) is -1.19. The normalized spacial score (nSPS) is 11.4. The predicted molar refractivity (Wildman–Crippen MR) is 90.2 cm³/mol. The van der Waals surface area contributed by atoms with Crippen LogP contribution in [0, 0.1) is 17.0 Å². The van der Waals surface area contributed by atoms with Crippen molar-refractivity contribution in [2.45, 2.75) is 26.4 Å². The molecule has 0 saturated heterocycles. The van der Waals surface area contributed by atoms with Crippen LogP contribution in [0.15, 0.2) is 42.7 Å². The van der Waals surface area contributed by atoms with Gasteiger partial charge in [0.1, 0.15) is 0 Å². The first-order valence-corrected chi connectivity index (χ1v) is 7.59. The maximum Gasteiger partial charge on any atom is 0.339 e. The Labute approximate surface area is 144 Å². The summed E-state index contributed by atoms with van der Waals surface area (Å²) in [4.78, 5) is 38.6. The average molecular weight is 343 g/mol. The number of amides is 1. The number of hydrogen-bond donors (Lipinski definition) is 1. The second kappa shape index (κ2) is 8.00. The molecule has 1 aromatic heterocycles. The van der Waals surface area contributed by atoms with Gasteiger partial charge >= 0.3 is 5.97 Å². The fourth-order valence-electron chi connectivity index (χ4n) is 2.08. The molecule has 2 rings (SSSR count). The van der Waals surface area contributed by atoms with Gasteiger partial charge < -0.3 is 10.1 Å². The zero-order valence-electron chi connectivity index (χ0n) is 13.8. The van der Waals surface area contributed by atoms with Gasteiger partial charge in [0.2, 0.25) is 0 Å². The number of carbonyl (C=O) groups excluding carboxylic acids is 2. The van der Waals surface area contributed by atoms with E-state index in [0.717, 1.165) is 0 Å². The molecule has 0 spiro atoms. The third-order valence-corrected chi connectivity index (χ3v) is 3.52. The Morgan fingerprint density at radius 3 is 2.56 bits per heavy atom. The quantitative estimate of drug-likeness (QED) is 0.490. The number of carbonyl (C=O) groups is 2. The molecule has 0 fully saturated rings. The van der Waals surface area contributed by atoms with Crippen LogP contribution in [-0.4, -0.2) is 27.9 Å². The van der Waals surface area contributed by atoms with Crippen molar-refractivity contribution in [1.82, 2.24) is 4.98 Å². The number of ether oxygens (including phenoxy) is 1. The van der Waals surface area contributed by atoms with Gasteiger partial charge in [0.25, 0.3) is 11.6 Å². The van der Waals surface area contributed by atoms with Crippen LogP contribution in [0.1, 0.15) is 29.3 Å². The van der Waals surface area contributed by atoms with E-state index in [4.69, 9.17) is 4.74 Å². The molecule has 2 aromatic rings. The Bertz CT molecular complexity index is 792. The number of aryl methyl sites for hydroxylation is 1. The van der Waals surface area contributed by atoms with Gasteiger partial charge in [0, 0.05) is 24.5 Å². The van der Waals surface area contributed by atoms with E-state index in [2.05, 4.69) is 10.3 Å². The van der Waals surface area contributed by atoms with Crippen molar-refractivity contribution in [2.75, 3.05) is 5.32 Å². The van der Waals surface area contributed by atoms with Gasteiger partial charge in [0.05, 0.1) is 16.2 Å². The van der Waals surface area contributed by atoms with Gasteiger partial charge in [-0.05, 0) is 31.0 Å². The first kappa shape index (κ1) is 18.1. The number of pyridine rings is 1. The minimum absolute atomic E-state index is 0.136. The fraction of sp³-hybridized carbons (Fsp3) is 0.235. The lowest BCUT2D eigenvalue weighted by atomic mass is 10.1. The summed E-state index contributed by atoms with van der Waals surface area (Å²) >= 11 is 0. The lowest BCUT2D eigenvalue weighted by molar-refractivity contribution is -0.384. The molecule has 1 atom stereocenters. The number of rotatable bonds is 6. The molecular formula is C17H17N3O5. The second-order valence-corrected chi connectivity index (χ2v) is 5.28. The van der Waals surface area contributed by atoms with E-state index in [1.807, 2.05) is 0 Å². The number of esters is 1. The molecule has 0 radical (unpaired) electrons. The molecule has 1 aromatic carbocycles. The minimum atomic E-state index is -1.01. The van der Waals surface area contributed by atoms with Crippen LogP contribution in [0.25, 0.3) is 0 Å². The van der Waals surface area contributed by atoms with Crippen molar-refractivity contribution in [3.8, 4) is 0 Å². The van der Waals surface area contributed by atoms with E-state index >= 15 is 0 Å². The summed E-state index contributed by atoms with van der Waals surface area (Å²) in [5.41, 5.74) is 1.11. The highest BCUT2D eigenvalue weighted by atomic mass is 16.6. The molecule has 0 bridgehead atoms. The van der Waals surface area contributed by atoms with Gasteiger partial charge in [-0.25, -0.2) is 4.79 Å². The lowest BCUT2D eigenvalue weighted by Gasteiger charge is -2.17. The molecule has 0 aliphatic rings. The highest BCUT2D eigenvalue weighted by Gasteiger charge is 2.23. The Morgan fingerprint density at radius 2 is 1.96 bits per heavy atom. The van der Waals surface area contributed by atoms with E-state index in [9.17, 15) is 19.7 Å². The monoisotopic (exact) mass is 343 g/mol. The zero-order chi connectivity index (χ0) is 18.4. The first-order chi connectivity index (χ1) is 11.9. The van der Waals surface area contributed by atoms with Crippen LogP contribution in [0.2, 0.25) is 0 Å². The largest absolute Gasteiger partial charge is 0.449 e. The van der Waals surface area contributed by atoms with Crippen molar-refractivity contribution < 1.29 is 19.2 Å². The molecule has 8 nitrogen and oxygen atoms in total. The maximum absolute atomic E-state index is 12.4. The van der Waals surface area contributed by atoms with Crippen LogP contribution >= 0.6 is 0 Å². The molecular weight excluding hydrogens is 326 g/mol.